The van der Waals surface area contributed by atoms with Gasteiger partial charge in [-0.2, -0.15) is 0 Å². The minimum atomic E-state index is -0.477. The molecule has 1 heterocycles. The predicted molar refractivity (Wildman–Crippen MR) is 54.1 cm³/mol. The molecule has 1 aromatic heterocycles. The van der Waals surface area contributed by atoms with Crippen LogP contribution in [0.25, 0.3) is 0 Å². The number of hydrogen-bond donors (Lipinski definition) is 3. The number of carbonyl (C=O) groups excluding carboxylic acids is 1. The van der Waals surface area contributed by atoms with Gasteiger partial charge in [0, 0.05) is 0 Å². The van der Waals surface area contributed by atoms with E-state index >= 15 is 0 Å². The van der Waals surface area contributed by atoms with E-state index in [4.69, 9.17) is 10.2 Å². The van der Waals surface area contributed by atoms with Crippen LogP contribution < -0.4 is 16.4 Å². The molecule has 15 heavy (non-hydrogen) atoms. The van der Waals surface area contributed by atoms with Gasteiger partial charge in [0.05, 0.1) is 12.6 Å². The topological polar surface area (TPSA) is 106 Å². The molecule has 0 saturated heterocycles. The van der Waals surface area contributed by atoms with Crippen LogP contribution in [0, 0.1) is 0 Å². The monoisotopic (exact) mass is 213 g/mol. The van der Waals surface area contributed by atoms with Crippen molar-refractivity contribution in [1.82, 2.24) is 15.5 Å². The maximum atomic E-state index is 10.5. The molecule has 84 valence electrons. The van der Waals surface area contributed by atoms with Crippen LogP contribution in [-0.2, 0) is 4.79 Å². The molecular weight excluding hydrogens is 198 g/mol. The third-order valence-corrected chi connectivity index (χ3v) is 1.74. The lowest BCUT2D eigenvalue weighted by molar-refractivity contribution is -0.116. The van der Waals surface area contributed by atoms with Crippen molar-refractivity contribution in [3.05, 3.63) is 5.89 Å². The third-order valence-electron chi connectivity index (χ3n) is 1.74. The number of aromatic nitrogens is 2. The number of amides is 1. The van der Waals surface area contributed by atoms with E-state index in [1.165, 1.54) is 0 Å². The maximum Gasteiger partial charge on any atom is 0.315 e. The van der Waals surface area contributed by atoms with Crippen LogP contribution in [-0.4, -0.2) is 29.2 Å². The van der Waals surface area contributed by atoms with Crippen molar-refractivity contribution in [3.63, 3.8) is 0 Å². The zero-order chi connectivity index (χ0) is 11.3. The maximum absolute atomic E-state index is 10.5. The summed E-state index contributed by atoms with van der Waals surface area (Å²) in [4.78, 5) is 10.5. The number of anilines is 1. The molecule has 0 fully saturated rings. The summed E-state index contributed by atoms with van der Waals surface area (Å²) in [7, 11) is 0. The zero-order valence-corrected chi connectivity index (χ0v) is 8.78. The molecule has 1 atom stereocenters. The van der Waals surface area contributed by atoms with Crippen molar-refractivity contribution < 1.29 is 9.21 Å². The number of nitrogens with zero attached hydrogens (tertiary/aromatic N) is 2. The Morgan fingerprint density at radius 2 is 2.33 bits per heavy atom. The fourth-order valence-corrected chi connectivity index (χ4v) is 1.04. The van der Waals surface area contributed by atoms with Gasteiger partial charge in [-0.15, -0.1) is 5.10 Å². The van der Waals surface area contributed by atoms with Crippen LogP contribution >= 0.6 is 0 Å². The lowest BCUT2D eigenvalue weighted by atomic mass is 10.3. The number of nitrogens with two attached hydrogens (primary N) is 1. The van der Waals surface area contributed by atoms with E-state index in [0.29, 0.717) is 5.89 Å². The molecule has 7 heteroatoms. The summed E-state index contributed by atoms with van der Waals surface area (Å²) < 4.78 is 5.24. The first-order valence-corrected chi connectivity index (χ1v) is 4.72. The van der Waals surface area contributed by atoms with Gasteiger partial charge >= 0.3 is 6.01 Å². The number of carbonyl (C=O) groups is 1. The smallest absolute Gasteiger partial charge is 0.315 e. The normalized spacial score (nSPS) is 12.4. The molecule has 0 spiro atoms. The predicted octanol–water partition coefficient (Wildman–Crippen LogP) is -0.363. The van der Waals surface area contributed by atoms with E-state index in [2.05, 4.69) is 20.8 Å². The molecule has 0 bridgehead atoms. The van der Waals surface area contributed by atoms with Crippen molar-refractivity contribution >= 4 is 11.9 Å². The zero-order valence-electron chi connectivity index (χ0n) is 8.78. The Morgan fingerprint density at radius 1 is 1.60 bits per heavy atom. The SMILES string of the molecule is CCNC(C)c1nnc(NCC(N)=O)o1. The van der Waals surface area contributed by atoms with E-state index in [1.807, 2.05) is 13.8 Å². The standard InChI is InChI=1S/C8H15N5O2/c1-3-10-5(2)7-12-13-8(15-7)11-4-6(9)14/h5,10H,3-4H2,1-2H3,(H2,9,14)(H,11,13). The summed E-state index contributed by atoms with van der Waals surface area (Å²) in [6.45, 7) is 4.69. The second-order valence-electron chi connectivity index (χ2n) is 3.04. The molecule has 0 radical (unpaired) electrons. The summed E-state index contributed by atoms with van der Waals surface area (Å²) in [6.07, 6.45) is 0. The van der Waals surface area contributed by atoms with Gasteiger partial charge in [-0.05, 0) is 13.5 Å². The van der Waals surface area contributed by atoms with Gasteiger partial charge in [0.25, 0.3) is 0 Å². The lowest BCUT2D eigenvalue weighted by Crippen LogP contribution is -2.21. The quantitative estimate of drug-likeness (QED) is 0.595. The molecule has 7 nitrogen and oxygen atoms in total. The summed E-state index contributed by atoms with van der Waals surface area (Å²) in [5, 5.41) is 13.3. The van der Waals surface area contributed by atoms with Crippen molar-refractivity contribution in [1.29, 1.82) is 0 Å². The highest BCUT2D eigenvalue weighted by atomic mass is 16.4. The van der Waals surface area contributed by atoms with Gasteiger partial charge in [0.1, 0.15) is 0 Å². The van der Waals surface area contributed by atoms with Crippen LogP contribution in [0.15, 0.2) is 4.42 Å². The van der Waals surface area contributed by atoms with Crippen LogP contribution in [0.1, 0.15) is 25.8 Å². The molecule has 1 aromatic rings. The first-order chi connectivity index (χ1) is 7.13. The third kappa shape index (κ3) is 3.55. The molecule has 4 N–H and O–H groups in total. The molecule has 1 unspecified atom stereocenters. The minimum absolute atomic E-state index is 0.00775. The average Bonchev–Trinajstić information content (AvgIpc) is 2.63. The van der Waals surface area contributed by atoms with Gasteiger partial charge in [0.15, 0.2) is 0 Å². The van der Waals surface area contributed by atoms with Gasteiger partial charge in [-0.3, -0.25) is 4.79 Å². The van der Waals surface area contributed by atoms with E-state index in [9.17, 15) is 4.79 Å². The van der Waals surface area contributed by atoms with Crippen LogP contribution in [0.3, 0.4) is 0 Å². The summed E-state index contributed by atoms with van der Waals surface area (Å²) in [5.41, 5.74) is 4.95. The van der Waals surface area contributed by atoms with Crippen LogP contribution in [0.4, 0.5) is 6.01 Å². The van der Waals surface area contributed by atoms with E-state index in [0.717, 1.165) is 6.54 Å². The number of rotatable bonds is 6. The van der Waals surface area contributed by atoms with E-state index in [1.54, 1.807) is 0 Å². The second kappa shape index (κ2) is 5.30. The van der Waals surface area contributed by atoms with Gasteiger partial charge in [-0.1, -0.05) is 12.0 Å². The minimum Gasteiger partial charge on any atom is -0.406 e. The van der Waals surface area contributed by atoms with Crippen LogP contribution in [0.2, 0.25) is 0 Å². The summed E-state index contributed by atoms with van der Waals surface area (Å²) in [5.74, 6) is -0.00157. The van der Waals surface area contributed by atoms with Gasteiger partial charge < -0.3 is 20.8 Å². The molecule has 0 aliphatic heterocycles. The van der Waals surface area contributed by atoms with Crippen molar-refractivity contribution in [2.24, 2.45) is 5.73 Å². The number of nitrogens with one attached hydrogen (secondary N) is 2. The Kier molecular flexibility index (Phi) is 4.04. The average molecular weight is 213 g/mol. The van der Waals surface area contributed by atoms with Crippen LogP contribution in [0.5, 0.6) is 0 Å². The summed E-state index contributed by atoms with van der Waals surface area (Å²) >= 11 is 0. The van der Waals surface area contributed by atoms with Crippen molar-refractivity contribution in [2.45, 2.75) is 19.9 Å². The summed E-state index contributed by atoms with van der Waals surface area (Å²) in [6, 6.07) is 0.195. The Bertz CT molecular complexity index is 325. The van der Waals surface area contributed by atoms with E-state index in [-0.39, 0.29) is 18.6 Å². The first kappa shape index (κ1) is 11.4. The highest BCUT2D eigenvalue weighted by Gasteiger charge is 2.12. The Balaban J connectivity index is 2.51. The van der Waals surface area contributed by atoms with Crippen molar-refractivity contribution in [3.8, 4) is 0 Å². The molecule has 0 aliphatic carbocycles. The number of primary amides is 1. The molecule has 1 rings (SSSR count). The Hall–Kier alpha value is -1.63. The Morgan fingerprint density at radius 3 is 2.93 bits per heavy atom. The molecule has 0 aromatic carbocycles. The number of hydrogen-bond acceptors (Lipinski definition) is 6. The Labute approximate surface area is 87.4 Å². The molecule has 0 aliphatic rings. The fraction of sp³-hybridized carbons (Fsp3) is 0.625. The molecule has 0 saturated carbocycles. The molecule has 1 amide bonds. The first-order valence-electron chi connectivity index (χ1n) is 4.72. The molecular formula is C8H15N5O2. The second-order valence-corrected chi connectivity index (χ2v) is 3.04. The highest BCUT2D eigenvalue weighted by Crippen LogP contribution is 2.12. The van der Waals surface area contributed by atoms with Gasteiger partial charge in [-0.25, -0.2) is 0 Å². The largest absolute Gasteiger partial charge is 0.406 e. The highest BCUT2D eigenvalue weighted by molar-refractivity contribution is 5.78. The van der Waals surface area contributed by atoms with Crippen molar-refractivity contribution in [2.75, 3.05) is 18.4 Å². The van der Waals surface area contributed by atoms with Gasteiger partial charge in [0.2, 0.25) is 11.8 Å². The lowest BCUT2D eigenvalue weighted by Gasteiger charge is -2.05. The van der Waals surface area contributed by atoms with E-state index < -0.39 is 5.91 Å². The fourth-order valence-electron chi connectivity index (χ4n) is 1.04.